The van der Waals surface area contributed by atoms with Gasteiger partial charge in [-0.3, -0.25) is 0 Å². The van der Waals surface area contributed by atoms with Crippen molar-refractivity contribution in [3.8, 4) is 5.75 Å². The predicted octanol–water partition coefficient (Wildman–Crippen LogP) is 1.17. The largest absolute Gasteiger partial charge is 0.493 e. The van der Waals surface area contributed by atoms with Gasteiger partial charge in [-0.2, -0.15) is 0 Å². The molecule has 0 fully saturated rings. The Labute approximate surface area is 141 Å². The van der Waals surface area contributed by atoms with Gasteiger partial charge in [-0.1, -0.05) is 36.4 Å². The molecule has 0 saturated carbocycles. The van der Waals surface area contributed by atoms with Crippen LogP contribution >= 0.6 is 0 Å². The Morgan fingerprint density at radius 3 is 2.58 bits per heavy atom. The maximum Gasteiger partial charge on any atom is 0.489 e. The van der Waals surface area contributed by atoms with Crippen molar-refractivity contribution in [3.05, 3.63) is 65.7 Å². The number of esters is 1. The van der Waals surface area contributed by atoms with Crippen molar-refractivity contribution in [1.82, 2.24) is 0 Å². The second kappa shape index (κ2) is 8.91. The Morgan fingerprint density at radius 1 is 1.17 bits per heavy atom. The summed E-state index contributed by atoms with van der Waals surface area (Å²) in [5.41, 5.74) is 1.93. The Hall–Kier alpha value is -2.57. The van der Waals surface area contributed by atoms with Gasteiger partial charge in [0.1, 0.15) is 5.75 Å². The van der Waals surface area contributed by atoms with Crippen LogP contribution < -0.4 is 10.2 Å². The summed E-state index contributed by atoms with van der Waals surface area (Å²) in [6, 6.07) is 14.8. The zero-order valence-corrected chi connectivity index (χ0v) is 13.4. The Kier molecular flexibility index (Phi) is 6.60. The van der Waals surface area contributed by atoms with Crippen molar-refractivity contribution >= 4 is 24.6 Å². The third-order valence-electron chi connectivity index (χ3n) is 3.44. The van der Waals surface area contributed by atoms with Crippen LogP contribution in [0.15, 0.2) is 54.6 Å². The third kappa shape index (κ3) is 5.26. The molecule has 5 nitrogen and oxygen atoms in total. The van der Waals surface area contributed by atoms with E-state index in [4.69, 9.17) is 4.74 Å². The van der Waals surface area contributed by atoms with Gasteiger partial charge >= 0.3 is 13.1 Å². The van der Waals surface area contributed by atoms with Crippen LogP contribution in [-0.2, 0) is 16.0 Å². The molecule has 0 aliphatic rings. The van der Waals surface area contributed by atoms with Crippen LogP contribution in [0.2, 0.25) is 0 Å². The normalized spacial score (nSPS) is 10.6. The lowest BCUT2D eigenvalue weighted by Crippen LogP contribution is -2.32. The molecule has 0 bridgehead atoms. The molecular weight excluding hydrogens is 307 g/mol. The summed E-state index contributed by atoms with van der Waals surface area (Å²) in [6.45, 7) is 0.491. The molecular formula is C18H19BO5. The Morgan fingerprint density at radius 2 is 1.92 bits per heavy atom. The summed E-state index contributed by atoms with van der Waals surface area (Å²) in [5, 5.41) is 18.8. The van der Waals surface area contributed by atoms with Crippen molar-refractivity contribution in [2.75, 3.05) is 13.7 Å². The maximum atomic E-state index is 11.2. The Bertz CT molecular complexity index is 698. The lowest BCUT2D eigenvalue weighted by Gasteiger charge is -2.10. The number of ether oxygens (including phenoxy) is 2. The fourth-order valence-corrected chi connectivity index (χ4v) is 2.18. The van der Waals surface area contributed by atoms with E-state index in [9.17, 15) is 14.8 Å². The molecule has 24 heavy (non-hydrogen) atoms. The van der Waals surface area contributed by atoms with Gasteiger partial charge in [0.05, 0.1) is 13.7 Å². The average Bonchev–Trinajstić information content (AvgIpc) is 2.60. The molecule has 2 aromatic carbocycles. The van der Waals surface area contributed by atoms with Gasteiger partial charge in [0.15, 0.2) is 0 Å². The van der Waals surface area contributed by atoms with E-state index in [1.54, 1.807) is 18.2 Å². The molecule has 0 aromatic heterocycles. The van der Waals surface area contributed by atoms with Crippen molar-refractivity contribution in [1.29, 1.82) is 0 Å². The molecule has 124 valence electrons. The van der Waals surface area contributed by atoms with E-state index < -0.39 is 13.1 Å². The molecule has 0 aliphatic carbocycles. The van der Waals surface area contributed by atoms with E-state index >= 15 is 0 Å². The highest BCUT2D eigenvalue weighted by molar-refractivity contribution is 6.59. The quantitative estimate of drug-likeness (QED) is 0.454. The summed E-state index contributed by atoms with van der Waals surface area (Å²) < 4.78 is 10.2. The van der Waals surface area contributed by atoms with Crippen molar-refractivity contribution in [2.45, 2.75) is 6.42 Å². The lowest BCUT2D eigenvalue weighted by atomic mass is 9.77. The molecule has 2 N–H and O–H groups in total. The second-order valence-electron chi connectivity index (χ2n) is 5.10. The highest BCUT2D eigenvalue weighted by Crippen LogP contribution is 2.14. The summed E-state index contributed by atoms with van der Waals surface area (Å²) in [7, 11) is -0.363. The molecule has 0 heterocycles. The molecule has 0 amide bonds. The molecule has 6 heteroatoms. The zero-order valence-electron chi connectivity index (χ0n) is 13.4. The first-order chi connectivity index (χ1) is 11.6. The van der Waals surface area contributed by atoms with Crippen LogP contribution in [0.5, 0.6) is 5.75 Å². The molecule has 2 aromatic rings. The van der Waals surface area contributed by atoms with E-state index in [0.29, 0.717) is 17.9 Å². The van der Waals surface area contributed by atoms with E-state index in [1.807, 2.05) is 30.3 Å². The van der Waals surface area contributed by atoms with Crippen molar-refractivity contribution < 1.29 is 24.3 Å². The zero-order chi connectivity index (χ0) is 17.4. The molecule has 0 saturated heterocycles. The van der Waals surface area contributed by atoms with Gasteiger partial charge in [-0.05, 0) is 34.8 Å². The first-order valence-corrected chi connectivity index (χ1v) is 7.53. The van der Waals surface area contributed by atoms with Crippen molar-refractivity contribution in [3.63, 3.8) is 0 Å². The van der Waals surface area contributed by atoms with Crippen LogP contribution in [0.1, 0.15) is 11.1 Å². The number of hydrogen-bond donors (Lipinski definition) is 2. The second-order valence-corrected chi connectivity index (χ2v) is 5.10. The van der Waals surface area contributed by atoms with Crippen LogP contribution in [-0.4, -0.2) is 36.9 Å². The van der Waals surface area contributed by atoms with Gasteiger partial charge in [-0.25, -0.2) is 4.79 Å². The number of hydrogen-bond acceptors (Lipinski definition) is 5. The van der Waals surface area contributed by atoms with E-state index in [1.165, 1.54) is 24.8 Å². The van der Waals surface area contributed by atoms with E-state index in [2.05, 4.69) is 4.74 Å². The van der Waals surface area contributed by atoms with Gasteiger partial charge in [0.2, 0.25) is 0 Å². The van der Waals surface area contributed by atoms with Gasteiger partial charge in [-0.15, -0.1) is 0 Å². The molecule has 0 atom stereocenters. The topological polar surface area (TPSA) is 76.0 Å². The number of rotatable bonds is 7. The minimum absolute atomic E-state index is 0.283. The summed E-state index contributed by atoms with van der Waals surface area (Å²) in [6.07, 6.45) is 3.44. The fraction of sp³-hybridized carbons (Fsp3) is 0.167. The molecule has 0 spiro atoms. The first kappa shape index (κ1) is 17.8. The summed E-state index contributed by atoms with van der Waals surface area (Å²) in [5.74, 6) is 0.0589. The summed E-state index contributed by atoms with van der Waals surface area (Å²) in [4.78, 5) is 11.2. The number of benzene rings is 2. The van der Waals surface area contributed by atoms with Crippen LogP contribution in [0.3, 0.4) is 0 Å². The monoisotopic (exact) mass is 326 g/mol. The SMILES string of the molecule is COC(=O)C=Cc1cc(OCCc2ccccc2)ccc1B(O)O. The number of methoxy groups -OCH3 is 1. The van der Waals surface area contributed by atoms with Gasteiger partial charge in [0.25, 0.3) is 0 Å². The molecule has 0 unspecified atom stereocenters. The number of carbonyl (C=O) groups excluding carboxylic acids is 1. The van der Waals surface area contributed by atoms with Gasteiger partial charge < -0.3 is 19.5 Å². The third-order valence-corrected chi connectivity index (χ3v) is 3.44. The standard InChI is InChI=1S/C18H19BO5/c1-23-18(20)10-7-15-13-16(8-9-17(15)19(21)22)24-12-11-14-5-3-2-4-6-14/h2-10,13,21-22H,11-12H2,1H3. The molecule has 0 radical (unpaired) electrons. The van der Waals surface area contributed by atoms with E-state index in [0.717, 1.165) is 6.42 Å². The van der Waals surface area contributed by atoms with Gasteiger partial charge in [0, 0.05) is 12.5 Å². The fourth-order valence-electron chi connectivity index (χ4n) is 2.18. The predicted molar refractivity (Wildman–Crippen MR) is 93.0 cm³/mol. The average molecular weight is 326 g/mol. The summed E-state index contributed by atoms with van der Waals surface area (Å²) >= 11 is 0. The molecule has 0 aliphatic heterocycles. The minimum Gasteiger partial charge on any atom is -0.493 e. The minimum atomic E-state index is -1.64. The van der Waals surface area contributed by atoms with Crippen LogP contribution in [0, 0.1) is 0 Å². The smallest absolute Gasteiger partial charge is 0.489 e. The van der Waals surface area contributed by atoms with Crippen LogP contribution in [0.4, 0.5) is 0 Å². The number of carbonyl (C=O) groups is 1. The maximum absolute atomic E-state index is 11.2. The lowest BCUT2D eigenvalue weighted by molar-refractivity contribution is -0.134. The van der Waals surface area contributed by atoms with Crippen LogP contribution in [0.25, 0.3) is 6.08 Å². The highest BCUT2D eigenvalue weighted by Gasteiger charge is 2.15. The Balaban J connectivity index is 2.07. The van der Waals surface area contributed by atoms with E-state index in [-0.39, 0.29) is 5.46 Å². The first-order valence-electron chi connectivity index (χ1n) is 7.53. The van der Waals surface area contributed by atoms with Crippen molar-refractivity contribution in [2.24, 2.45) is 0 Å². The highest BCUT2D eigenvalue weighted by atomic mass is 16.5. The molecule has 2 rings (SSSR count).